The van der Waals surface area contributed by atoms with Crippen molar-refractivity contribution >= 4 is 17.0 Å². The maximum Gasteiger partial charge on any atom is 0.173 e. The summed E-state index contributed by atoms with van der Waals surface area (Å²) < 4.78 is 0. The Kier molecular flexibility index (Phi) is 1.62. The molecule has 0 saturated carbocycles. The van der Waals surface area contributed by atoms with Crippen LogP contribution in [0.5, 0.6) is 5.06 Å². The van der Waals surface area contributed by atoms with Crippen molar-refractivity contribution in [3.05, 3.63) is 11.4 Å². The first-order valence-electron chi connectivity index (χ1n) is 2.65. The van der Waals surface area contributed by atoms with Crippen LogP contribution in [0.4, 0.5) is 5.69 Å². The van der Waals surface area contributed by atoms with E-state index in [2.05, 4.69) is 0 Å². The fraction of sp³-hybridized carbons (Fsp3) is 0.333. The molecule has 0 radical (unpaired) electrons. The second-order valence-corrected chi connectivity index (χ2v) is 2.93. The van der Waals surface area contributed by atoms with Crippen LogP contribution in [0.3, 0.4) is 0 Å². The number of thiophene rings is 1. The molecule has 0 fully saturated rings. The minimum absolute atomic E-state index is 0.374. The van der Waals surface area contributed by atoms with Crippen molar-refractivity contribution in [1.82, 2.24) is 0 Å². The van der Waals surface area contributed by atoms with Gasteiger partial charge in [-0.2, -0.15) is 0 Å². The van der Waals surface area contributed by atoms with Crippen LogP contribution < -0.4 is 4.90 Å². The first-order chi connectivity index (χ1) is 4.20. The summed E-state index contributed by atoms with van der Waals surface area (Å²) in [5, 5.41) is 11.2. The molecule has 0 aliphatic carbocycles. The summed E-state index contributed by atoms with van der Waals surface area (Å²) >= 11 is 1.35. The summed E-state index contributed by atoms with van der Waals surface area (Å²) in [4.78, 5) is 1.95. The van der Waals surface area contributed by atoms with E-state index >= 15 is 0 Å². The molecule has 0 aliphatic heterocycles. The highest BCUT2D eigenvalue weighted by atomic mass is 32.1. The van der Waals surface area contributed by atoms with Gasteiger partial charge < -0.3 is 10.0 Å². The van der Waals surface area contributed by atoms with E-state index in [0.717, 1.165) is 5.69 Å². The summed E-state index contributed by atoms with van der Waals surface area (Å²) in [6.07, 6.45) is 0. The quantitative estimate of drug-likeness (QED) is 0.644. The number of rotatable bonds is 1. The highest BCUT2D eigenvalue weighted by Gasteiger charge is 1.96. The number of hydrogen-bond donors (Lipinski definition) is 1. The first-order valence-corrected chi connectivity index (χ1v) is 3.53. The zero-order chi connectivity index (χ0) is 6.85. The molecule has 0 atom stereocenters. The molecule has 3 heteroatoms. The average molecular weight is 143 g/mol. The summed E-state index contributed by atoms with van der Waals surface area (Å²) in [7, 11) is 3.89. The minimum atomic E-state index is 0.374. The van der Waals surface area contributed by atoms with Crippen LogP contribution in [-0.4, -0.2) is 19.2 Å². The van der Waals surface area contributed by atoms with Crippen LogP contribution in [0.25, 0.3) is 0 Å². The Labute approximate surface area is 58.4 Å². The Morgan fingerprint density at radius 1 is 1.56 bits per heavy atom. The van der Waals surface area contributed by atoms with Crippen LogP contribution >= 0.6 is 11.3 Å². The fourth-order valence-corrected chi connectivity index (χ4v) is 1.26. The molecular weight excluding hydrogens is 134 g/mol. The van der Waals surface area contributed by atoms with Crippen molar-refractivity contribution < 1.29 is 5.11 Å². The molecule has 1 aromatic rings. The van der Waals surface area contributed by atoms with Crippen molar-refractivity contribution in [2.24, 2.45) is 0 Å². The van der Waals surface area contributed by atoms with Gasteiger partial charge in [0.2, 0.25) is 0 Å². The smallest absolute Gasteiger partial charge is 0.173 e. The van der Waals surface area contributed by atoms with E-state index in [9.17, 15) is 0 Å². The zero-order valence-electron chi connectivity index (χ0n) is 5.46. The topological polar surface area (TPSA) is 23.5 Å². The van der Waals surface area contributed by atoms with Crippen molar-refractivity contribution in [1.29, 1.82) is 0 Å². The van der Waals surface area contributed by atoms with Gasteiger partial charge in [0.1, 0.15) is 0 Å². The summed E-state index contributed by atoms with van der Waals surface area (Å²) in [6, 6.07) is 1.74. The standard InChI is InChI=1S/C6H9NOS/c1-7(2)5-3-6(8)9-4-5/h3-4,8H,1-2H3. The van der Waals surface area contributed by atoms with Gasteiger partial charge >= 0.3 is 0 Å². The van der Waals surface area contributed by atoms with Gasteiger partial charge in [-0.3, -0.25) is 0 Å². The largest absolute Gasteiger partial charge is 0.499 e. The second kappa shape index (κ2) is 2.27. The molecule has 2 nitrogen and oxygen atoms in total. The summed E-state index contributed by atoms with van der Waals surface area (Å²) in [5.41, 5.74) is 1.05. The molecule has 1 heterocycles. The highest BCUT2D eigenvalue weighted by molar-refractivity contribution is 7.12. The molecule has 0 saturated heterocycles. The van der Waals surface area contributed by atoms with Crippen LogP contribution in [0.15, 0.2) is 11.4 Å². The van der Waals surface area contributed by atoms with E-state index < -0.39 is 0 Å². The van der Waals surface area contributed by atoms with E-state index in [0.29, 0.717) is 5.06 Å². The van der Waals surface area contributed by atoms with Gasteiger partial charge in [0.05, 0.1) is 5.69 Å². The Morgan fingerprint density at radius 3 is 2.44 bits per heavy atom. The van der Waals surface area contributed by atoms with E-state index in [1.807, 2.05) is 24.4 Å². The first kappa shape index (κ1) is 6.42. The Hall–Kier alpha value is -0.700. The molecular formula is C6H9NOS. The van der Waals surface area contributed by atoms with Crippen LogP contribution in [-0.2, 0) is 0 Å². The number of nitrogens with zero attached hydrogens (tertiary/aromatic N) is 1. The third-order valence-electron chi connectivity index (χ3n) is 1.09. The number of aromatic hydroxyl groups is 1. The predicted octanol–water partition coefficient (Wildman–Crippen LogP) is 1.52. The second-order valence-electron chi connectivity index (χ2n) is 2.04. The summed E-state index contributed by atoms with van der Waals surface area (Å²) in [6.45, 7) is 0. The van der Waals surface area contributed by atoms with Crippen molar-refractivity contribution in [3.63, 3.8) is 0 Å². The SMILES string of the molecule is CN(C)c1csc(O)c1. The van der Waals surface area contributed by atoms with Crippen LogP contribution in [0.2, 0.25) is 0 Å². The molecule has 0 aliphatic rings. The monoisotopic (exact) mass is 143 g/mol. The average Bonchev–Trinajstić information content (AvgIpc) is 2.14. The lowest BCUT2D eigenvalue weighted by Crippen LogP contribution is -2.06. The van der Waals surface area contributed by atoms with E-state index in [4.69, 9.17) is 5.11 Å². The van der Waals surface area contributed by atoms with Gasteiger partial charge in [0.25, 0.3) is 0 Å². The third kappa shape index (κ3) is 1.36. The molecule has 0 unspecified atom stereocenters. The Bertz CT molecular complexity index is 195. The molecule has 1 N–H and O–H groups in total. The third-order valence-corrected chi connectivity index (χ3v) is 1.81. The van der Waals surface area contributed by atoms with Crippen molar-refractivity contribution in [3.8, 4) is 5.06 Å². The van der Waals surface area contributed by atoms with Crippen LogP contribution in [0, 0.1) is 0 Å². The summed E-state index contributed by atoms with van der Waals surface area (Å²) in [5.74, 6) is 0. The van der Waals surface area contributed by atoms with Gasteiger partial charge in [-0.15, -0.1) is 11.3 Å². The van der Waals surface area contributed by atoms with E-state index in [-0.39, 0.29) is 0 Å². The Morgan fingerprint density at radius 2 is 2.22 bits per heavy atom. The molecule has 0 bridgehead atoms. The minimum Gasteiger partial charge on any atom is -0.499 e. The van der Waals surface area contributed by atoms with Crippen molar-refractivity contribution in [2.45, 2.75) is 0 Å². The maximum atomic E-state index is 8.89. The molecule has 9 heavy (non-hydrogen) atoms. The van der Waals surface area contributed by atoms with Gasteiger partial charge in [-0.05, 0) is 0 Å². The van der Waals surface area contributed by atoms with Gasteiger partial charge in [0, 0.05) is 25.5 Å². The van der Waals surface area contributed by atoms with Crippen LogP contribution in [0.1, 0.15) is 0 Å². The molecule has 1 rings (SSSR count). The predicted molar refractivity (Wildman–Crippen MR) is 40.3 cm³/mol. The molecule has 0 amide bonds. The molecule has 1 aromatic heterocycles. The fourth-order valence-electron chi connectivity index (χ4n) is 0.550. The van der Waals surface area contributed by atoms with E-state index in [1.54, 1.807) is 6.07 Å². The van der Waals surface area contributed by atoms with Gasteiger partial charge in [0.15, 0.2) is 5.06 Å². The maximum absolute atomic E-state index is 8.89. The van der Waals surface area contributed by atoms with E-state index in [1.165, 1.54) is 11.3 Å². The Balaban J connectivity index is 2.85. The lowest BCUT2D eigenvalue weighted by Gasteiger charge is -2.06. The lowest BCUT2D eigenvalue weighted by atomic mass is 10.5. The van der Waals surface area contributed by atoms with Gasteiger partial charge in [-0.25, -0.2) is 0 Å². The zero-order valence-corrected chi connectivity index (χ0v) is 6.27. The number of hydrogen-bond acceptors (Lipinski definition) is 3. The lowest BCUT2D eigenvalue weighted by molar-refractivity contribution is 0.491. The number of anilines is 1. The highest BCUT2D eigenvalue weighted by Crippen LogP contribution is 2.26. The molecule has 50 valence electrons. The molecule has 0 spiro atoms. The van der Waals surface area contributed by atoms with Gasteiger partial charge in [-0.1, -0.05) is 0 Å². The molecule has 0 aromatic carbocycles. The normalized spacial score (nSPS) is 9.56. The van der Waals surface area contributed by atoms with Crippen molar-refractivity contribution in [2.75, 3.05) is 19.0 Å².